The van der Waals surface area contributed by atoms with Crippen molar-refractivity contribution in [2.45, 2.75) is 0 Å². The van der Waals surface area contributed by atoms with Crippen LogP contribution in [0.5, 0.6) is 0 Å². The molecule has 0 fully saturated rings. The average Bonchev–Trinajstić information content (AvgIpc) is 2.30. The van der Waals surface area contributed by atoms with E-state index in [9.17, 15) is 0 Å². The third-order valence-electron chi connectivity index (χ3n) is 2.21. The zero-order chi connectivity index (χ0) is 10.7. The summed E-state index contributed by atoms with van der Waals surface area (Å²) in [5.41, 5.74) is 2.32. The number of hydrogen-bond acceptors (Lipinski definition) is 0. The van der Waals surface area contributed by atoms with E-state index in [0.717, 1.165) is 10.6 Å². The fourth-order valence-corrected chi connectivity index (χ4v) is 2.38. The molecule has 0 spiro atoms. The van der Waals surface area contributed by atoms with Gasteiger partial charge in [-0.05, 0) is 0 Å². The first kappa shape index (κ1) is 10.8. The van der Waals surface area contributed by atoms with E-state index in [0.29, 0.717) is 0 Å². The molecule has 15 heavy (non-hydrogen) atoms. The molecule has 2 heteroatoms. The molecule has 0 atom stereocenters. The maximum atomic E-state index is 6.15. The topological polar surface area (TPSA) is 0 Å². The molecule has 0 N–H and O–H groups in total. The molecule has 0 amide bonds. The quantitative estimate of drug-likeness (QED) is 0.714. The third-order valence-corrected chi connectivity index (χ3v) is 3.41. The van der Waals surface area contributed by atoms with Crippen molar-refractivity contribution in [1.82, 2.24) is 0 Å². The van der Waals surface area contributed by atoms with Gasteiger partial charge in [-0.2, -0.15) is 0 Å². The molecule has 0 bridgehead atoms. The molecule has 0 saturated carbocycles. The second-order valence-electron chi connectivity index (χ2n) is 3.22. The Labute approximate surface area is 106 Å². The van der Waals surface area contributed by atoms with Crippen molar-refractivity contribution in [3.63, 3.8) is 0 Å². The summed E-state index contributed by atoms with van der Waals surface area (Å²) in [5.74, 6) is 0. The Kier molecular flexibility index (Phi) is 3.53. The minimum atomic E-state index is 0.804. The van der Waals surface area contributed by atoms with Crippen LogP contribution in [0.25, 0.3) is 0 Å². The Morgan fingerprint density at radius 1 is 0.867 bits per heavy atom. The van der Waals surface area contributed by atoms with Gasteiger partial charge in [-0.1, -0.05) is 0 Å². The molecule has 0 aliphatic heterocycles. The molecular formula is C13H9ClTi+2. The first-order valence-corrected chi connectivity index (χ1v) is 5.84. The Bertz CT molecular complexity index is 477. The first-order valence-electron chi connectivity index (χ1n) is 4.68. The van der Waals surface area contributed by atoms with Gasteiger partial charge in [0, 0.05) is 0 Å². The Morgan fingerprint density at radius 2 is 1.47 bits per heavy atom. The van der Waals surface area contributed by atoms with Crippen molar-refractivity contribution >= 4 is 15.4 Å². The van der Waals surface area contributed by atoms with Gasteiger partial charge >= 0.3 is 106 Å². The summed E-state index contributed by atoms with van der Waals surface area (Å²) in [5, 5.41) is 0.804. The number of halogens is 1. The predicted molar refractivity (Wildman–Crippen MR) is 61.1 cm³/mol. The van der Waals surface area contributed by atoms with Crippen LogP contribution in [0.2, 0.25) is 5.02 Å². The van der Waals surface area contributed by atoms with Crippen LogP contribution < -0.4 is 0 Å². The Hall–Kier alpha value is -0.686. The molecule has 0 nitrogen and oxygen atoms in total. The van der Waals surface area contributed by atoms with Crippen LogP contribution in [0.1, 0.15) is 11.1 Å². The van der Waals surface area contributed by atoms with Crippen LogP contribution >= 0.6 is 11.6 Å². The molecule has 0 radical (unpaired) electrons. The number of benzene rings is 2. The molecule has 2 aromatic carbocycles. The summed E-state index contributed by atoms with van der Waals surface area (Å²) in [6.45, 7) is 0. The summed E-state index contributed by atoms with van der Waals surface area (Å²) in [7, 11) is 0. The van der Waals surface area contributed by atoms with Gasteiger partial charge in [-0.3, -0.25) is 0 Å². The van der Waals surface area contributed by atoms with Crippen LogP contribution in [0.3, 0.4) is 0 Å². The van der Waals surface area contributed by atoms with Crippen molar-refractivity contribution in [3.05, 3.63) is 70.7 Å². The molecule has 0 aliphatic carbocycles. The third kappa shape index (κ3) is 2.46. The van der Waals surface area contributed by atoms with Gasteiger partial charge in [0.25, 0.3) is 0 Å². The molecule has 70 valence electrons. The normalized spacial score (nSPS) is 10.1. The van der Waals surface area contributed by atoms with Crippen molar-refractivity contribution < 1.29 is 20.0 Å². The van der Waals surface area contributed by atoms with Gasteiger partial charge < -0.3 is 0 Å². The van der Waals surface area contributed by atoms with Crippen LogP contribution in [0.15, 0.2) is 54.6 Å². The van der Waals surface area contributed by atoms with E-state index in [4.69, 9.17) is 11.6 Å². The van der Waals surface area contributed by atoms with E-state index < -0.39 is 0 Å². The van der Waals surface area contributed by atoms with Crippen LogP contribution in [-0.4, -0.2) is 3.81 Å². The molecule has 2 aromatic rings. The van der Waals surface area contributed by atoms with Gasteiger partial charge in [0.2, 0.25) is 0 Å². The van der Waals surface area contributed by atoms with Crippen molar-refractivity contribution in [2.75, 3.05) is 0 Å². The van der Waals surface area contributed by atoms with Crippen LogP contribution in [-0.2, 0) is 20.0 Å². The van der Waals surface area contributed by atoms with E-state index >= 15 is 0 Å². The van der Waals surface area contributed by atoms with Gasteiger partial charge in [0.15, 0.2) is 0 Å². The first-order chi connectivity index (χ1) is 7.29. The fourth-order valence-electron chi connectivity index (χ4n) is 1.42. The van der Waals surface area contributed by atoms with Crippen molar-refractivity contribution in [1.29, 1.82) is 0 Å². The molecule has 0 heterocycles. The van der Waals surface area contributed by atoms with E-state index in [1.807, 2.05) is 42.5 Å². The second-order valence-corrected chi connectivity index (χ2v) is 4.41. The standard InChI is InChI=1S/C13H9Cl.Ti/c14-13-9-5-4-8-12(13)10-11-6-2-1-3-7-11;/h1-9H;/q;+2. The maximum absolute atomic E-state index is 6.15. The Morgan fingerprint density at radius 3 is 2.13 bits per heavy atom. The predicted octanol–water partition coefficient (Wildman–Crippen LogP) is 3.46. The molecule has 0 unspecified atom stereocenters. The molecule has 2 rings (SSSR count). The molecule has 0 aliphatic rings. The summed E-state index contributed by atoms with van der Waals surface area (Å²) >= 11 is 8.24. The van der Waals surface area contributed by atoms with Crippen molar-refractivity contribution in [2.24, 2.45) is 0 Å². The van der Waals surface area contributed by atoms with Crippen molar-refractivity contribution in [3.8, 4) is 0 Å². The zero-order valence-electron chi connectivity index (χ0n) is 8.07. The molecule has 0 aromatic heterocycles. The number of hydrogen-bond donors (Lipinski definition) is 0. The minimum absolute atomic E-state index is 0.804. The monoisotopic (exact) mass is 248 g/mol. The van der Waals surface area contributed by atoms with Gasteiger partial charge in [0.05, 0.1) is 0 Å². The summed E-state index contributed by atoms with van der Waals surface area (Å²) in [4.78, 5) is 0. The average molecular weight is 249 g/mol. The van der Waals surface area contributed by atoms with Gasteiger partial charge in [0.1, 0.15) is 0 Å². The SMILES string of the molecule is Clc1ccccc1[C](=[Ti+2])c1ccccc1. The second kappa shape index (κ2) is 4.89. The van der Waals surface area contributed by atoms with Gasteiger partial charge in [-0.15, -0.1) is 0 Å². The summed E-state index contributed by atoms with van der Waals surface area (Å²) < 4.78 is 1.21. The van der Waals surface area contributed by atoms with Gasteiger partial charge in [-0.25, -0.2) is 0 Å². The zero-order valence-corrected chi connectivity index (χ0v) is 10.4. The van der Waals surface area contributed by atoms with E-state index in [1.165, 1.54) is 9.37 Å². The Balaban J connectivity index is 2.42. The van der Waals surface area contributed by atoms with E-state index in [1.54, 1.807) is 0 Å². The molecular weight excluding hydrogens is 239 g/mol. The van der Waals surface area contributed by atoms with E-state index in [-0.39, 0.29) is 0 Å². The number of rotatable bonds is 2. The summed E-state index contributed by atoms with van der Waals surface area (Å²) in [6.07, 6.45) is 0. The van der Waals surface area contributed by atoms with E-state index in [2.05, 4.69) is 32.1 Å². The summed E-state index contributed by atoms with van der Waals surface area (Å²) in [6, 6.07) is 18.2. The van der Waals surface area contributed by atoms with Crippen LogP contribution in [0.4, 0.5) is 0 Å². The van der Waals surface area contributed by atoms with Crippen LogP contribution in [0, 0.1) is 0 Å². The molecule has 0 saturated heterocycles. The fraction of sp³-hybridized carbons (Fsp3) is 0.